The van der Waals surface area contributed by atoms with Gasteiger partial charge in [0.1, 0.15) is 16.2 Å². The lowest BCUT2D eigenvalue weighted by Gasteiger charge is -2.37. The summed E-state index contributed by atoms with van der Waals surface area (Å²) < 4.78 is 7.02. The lowest BCUT2D eigenvalue weighted by molar-refractivity contribution is 0.0139. The summed E-state index contributed by atoms with van der Waals surface area (Å²) in [6.07, 6.45) is 4.38. The van der Waals surface area contributed by atoms with Crippen LogP contribution in [0, 0.1) is 12.3 Å². The fourth-order valence-corrected chi connectivity index (χ4v) is 3.17. The fourth-order valence-electron chi connectivity index (χ4n) is 2.93. The Morgan fingerprint density at radius 2 is 2.12 bits per heavy atom. The Morgan fingerprint density at radius 1 is 1.44 bits per heavy atom. The highest BCUT2D eigenvalue weighted by Crippen LogP contribution is 2.25. The molecule has 2 rings (SSSR count). The molecule has 1 N–H and O–H groups in total. The van der Waals surface area contributed by atoms with Crippen LogP contribution in [0.2, 0.25) is 5.15 Å². The van der Waals surface area contributed by atoms with Crippen LogP contribution in [0.5, 0.6) is 0 Å². The van der Waals surface area contributed by atoms with Crippen molar-refractivity contribution in [3.8, 4) is 0 Å². The van der Waals surface area contributed by atoms with Crippen molar-refractivity contribution in [2.24, 2.45) is 0 Å². The number of aromatic nitrogens is 2. The monoisotopic (exact) mass is 366 g/mol. The number of hydrogen-bond donors (Lipinski definition) is 1. The van der Waals surface area contributed by atoms with Gasteiger partial charge < -0.3 is 9.64 Å². The van der Waals surface area contributed by atoms with E-state index in [0.717, 1.165) is 30.4 Å². The number of likely N-dealkylation sites (tertiary alicyclic amines) is 1. The van der Waals surface area contributed by atoms with Gasteiger partial charge in [-0.15, -0.1) is 0 Å². The first kappa shape index (κ1) is 19.5. The number of nitrogens with one attached hydrogen (secondary N) is 1. The van der Waals surface area contributed by atoms with Crippen LogP contribution in [0.25, 0.3) is 6.20 Å². The number of carbonyl (C=O) groups excluding carboxylic acids is 1. The van der Waals surface area contributed by atoms with Gasteiger partial charge in [0.05, 0.1) is 6.04 Å². The predicted molar refractivity (Wildman–Crippen MR) is 98.4 cm³/mol. The van der Waals surface area contributed by atoms with Crippen LogP contribution in [-0.4, -0.2) is 39.0 Å². The van der Waals surface area contributed by atoms with Gasteiger partial charge in [-0.05, 0) is 71.1 Å². The molecule has 2 heterocycles. The Bertz CT molecular complexity index is 734. The molecule has 7 heteroatoms. The van der Waals surface area contributed by atoms with Crippen molar-refractivity contribution in [2.75, 3.05) is 6.54 Å². The summed E-state index contributed by atoms with van der Waals surface area (Å²) in [7, 11) is 0. The molecule has 1 aliphatic rings. The van der Waals surface area contributed by atoms with Crippen LogP contribution in [0.15, 0.2) is 11.6 Å². The van der Waals surface area contributed by atoms with E-state index in [1.165, 1.54) is 4.68 Å². The number of piperidine rings is 1. The highest BCUT2D eigenvalue weighted by Gasteiger charge is 2.31. The maximum atomic E-state index is 12.6. The standard InChI is InChI=1S/C18H27ClN4O2/c1-12-10-15(19)21-23(16(12)20)11-13(2)14-8-6-7-9-22(14)17(24)25-18(3,4)5/h10-11,14,20H,6-9H2,1-5H3/b13-11+,20-16?/t14-/m0/s1. The van der Waals surface area contributed by atoms with E-state index in [1.54, 1.807) is 17.2 Å². The van der Waals surface area contributed by atoms with E-state index < -0.39 is 5.60 Å². The van der Waals surface area contributed by atoms with Crippen LogP contribution < -0.4 is 5.49 Å². The average Bonchev–Trinajstić information content (AvgIpc) is 2.50. The Labute approximate surface area is 153 Å². The SMILES string of the molecule is C/C(=C\n1nc(Cl)cc(C)c1=N)[C@@H]1CCCCN1C(=O)OC(C)(C)C. The van der Waals surface area contributed by atoms with Crippen LogP contribution in [0.3, 0.4) is 0 Å². The molecule has 0 radical (unpaired) electrons. The minimum Gasteiger partial charge on any atom is -0.444 e. The van der Waals surface area contributed by atoms with Crippen molar-refractivity contribution < 1.29 is 9.53 Å². The molecule has 138 valence electrons. The zero-order chi connectivity index (χ0) is 18.8. The summed E-state index contributed by atoms with van der Waals surface area (Å²) in [5.41, 5.74) is 1.46. The second-order valence-electron chi connectivity index (χ2n) is 7.50. The first-order valence-corrected chi connectivity index (χ1v) is 8.95. The zero-order valence-corrected chi connectivity index (χ0v) is 16.4. The van der Waals surface area contributed by atoms with E-state index in [4.69, 9.17) is 21.7 Å². The van der Waals surface area contributed by atoms with Gasteiger partial charge in [-0.1, -0.05) is 11.6 Å². The lowest BCUT2D eigenvalue weighted by Crippen LogP contribution is -2.46. The third kappa shape index (κ3) is 5.08. The molecule has 1 fully saturated rings. The van der Waals surface area contributed by atoms with Crippen molar-refractivity contribution in [1.29, 1.82) is 5.41 Å². The summed E-state index contributed by atoms with van der Waals surface area (Å²) >= 11 is 6.01. The molecule has 1 saturated heterocycles. The van der Waals surface area contributed by atoms with Crippen LogP contribution >= 0.6 is 11.6 Å². The maximum Gasteiger partial charge on any atom is 0.410 e. The first-order valence-electron chi connectivity index (χ1n) is 8.57. The Hall–Kier alpha value is -1.82. The van der Waals surface area contributed by atoms with Gasteiger partial charge >= 0.3 is 6.09 Å². The number of aryl methyl sites for hydroxylation is 1. The molecule has 0 unspecified atom stereocenters. The van der Waals surface area contributed by atoms with Gasteiger partial charge in [0.15, 0.2) is 0 Å². The third-order valence-corrected chi connectivity index (χ3v) is 4.31. The topological polar surface area (TPSA) is 71.2 Å². The molecule has 25 heavy (non-hydrogen) atoms. The van der Waals surface area contributed by atoms with E-state index in [9.17, 15) is 4.79 Å². The molecule has 6 nitrogen and oxygen atoms in total. The van der Waals surface area contributed by atoms with Gasteiger partial charge in [-0.2, -0.15) is 5.10 Å². The minimum atomic E-state index is -0.522. The van der Waals surface area contributed by atoms with Crippen LogP contribution in [0.1, 0.15) is 52.5 Å². The van der Waals surface area contributed by atoms with Crippen molar-refractivity contribution >= 4 is 23.9 Å². The molecule has 1 aromatic heterocycles. The van der Waals surface area contributed by atoms with Gasteiger partial charge in [-0.3, -0.25) is 5.41 Å². The second kappa shape index (κ2) is 7.60. The summed E-state index contributed by atoms with van der Waals surface area (Å²) in [4.78, 5) is 14.3. The molecule has 1 atom stereocenters. The number of amides is 1. The van der Waals surface area contributed by atoms with Crippen LogP contribution in [0.4, 0.5) is 4.79 Å². The molecule has 0 saturated carbocycles. The summed E-state index contributed by atoms with van der Waals surface area (Å²) in [6.45, 7) is 10.1. The molecule has 0 aliphatic carbocycles. The molecule has 1 aliphatic heterocycles. The molecule has 1 aromatic rings. The maximum absolute atomic E-state index is 12.6. The van der Waals surface area contributed by atoms with E-state index >= 15 is 0 Å². The van der Waals surface area contributed by atoms with Gasteiger partial charge in [0.2, 0.25) is 0 Å². The third-order valence-electron chi connectivity index (χ3n) is 4.12. The number of ether oxygens (including phenoxy) is 1. The van der Waals surface area contributed by atoms with Gasteiger partial charge in [0, 0.05) is 12.7 Å². The average molecular weight is 367 g/mol. The van der Waals surface area contributed by atoms with Crippen LogP contribution in [-0.2, 0) is 4.74 Å². The molecule has 0 spiro atoms. The highest BCUT2D eigenvalue weighted by molar-refractivity contribution is 6.29. The summed E-state index contributed by atoms with van der Waals surface area (Å²) in [5.74, 6) is 0. The first-order chi connectivity index (χ1) is 11.6. The quantitative estimate of drug-likeness (QED) is 0.860. The molecule has 1 amide bonds. The lowest BCUT2D eigenvalue weighted by atomic mass is 9.97. The number of halogens is 1. The summed E-state index contributed by atoms with van der Waals surface area (Å²) in [6, 6.07) is 1.61. The Kier molecular flexibility index (Phi) is 5.93. The largest absolute Gasteiger partial charge is 0.444 e. The zero-order valence-electron chi connectivity index (χ0n) is 15.6. The normalized spacial score (nSPS) is 19.0. The molecule has 0 aromatic carbocycles. The molecular weight excluding hydrogens is 340 g/mol. The number of carbonyl (C=O) groups is 1. The Balaban J connectivity index is 2.30. The van der Waals surface area contributed by atoms with Gasteiger partial charge in [-0.25, -0.2) is 9.48 Å². The van der Waals surface area contributed by atoms with E-state index in [0.29, 0.717) is 11.7 Å². The number of nitrogens with zero attached hydrogens (tertiary/aromatic N) is 3. The molecular formula is C18H27ClN4O2. The predicted octanol–water partition coefficient (Wildman–Crippen LogP) is 3.97. The van der Waals surface area contributed by atoms with Crippen molar-refractivity contribution in [3.63, 3.8) is 0 Å². The minimum absolute atomic E-state index is 0.0587. The smallest absolute Gasteiger partial charge is 0.410 e. The van der Waals surface area contributed by atoms with E-state index in [-0.39, 0.29) is 17.6 Å². The number of rotatable bonds is 2. The van der Waals surface area contributed by atoms with E-state index in [2.05, 4.69) is 5.10 Å². The van der Waals surface area contributed by atoms with Crippen molar-refractivity contribution in [3.05, 3.63) is 27.8 Å². The van der Waals surface area contributed by atoms with E-state index in [1.807, 2.05) is 34.6 Å². The molecule has 0 bridgehead atoms. The summed E-state index contributed by atoms with van der Waals surface area (Å²) in [5, 5.41) is 12.7. The Morgan fingerprint density at radius 3 is 2.76 bits per heavy atom. The fraction of sp³-hybridized carbons (Fsp3) is 0.611. The van der Waals surface area contributed by atoms with Gasteiger partial charge in [0.25, 0.3) is 0 Å². The van der Waals surface area contributed by atoms with Crippen molar-refractivity contribution in [1.82, 2.24) is 14.7 Å². The highest BCUT2D eigenvalue weighted by atomic mass is 35.5. The number of hydrogen-bond acceptors (Lipinski definition) is 4. The second-order valence-corrected chi connectivity index (χ2v) is 7.89. The van der Waals surface area contributed by atoms with Crippen molar-refractivity contribution in [2.45, 2.75) is 65.5 Å².